The Kier molecular flexibility index (Phi) is 5.04. The van der Waals surface area contributed by atoms with E-state index in [4.69, 9.17) is 4.74 Å². The van der Waals surface area contributed by atoms with Crippen molar-refractivity contribution in [3.05, 3.63) is 34.3 Å². The Morgan fingerprint density at radius 2 is 2.00 bits per heavy atom. The second-order valence-corrected chi connectivity index (χ2v) is 6.62. The molecule has 1 N–H and O–H groups in total. The van der Waals surface area contributed by atoms with E-state index in [1.54, 1.807) is 7.11 Å². The minimum atomic E-state index is -0.441. The SMILES string of the molecule is COC1(C(O)Cc2ccccc2Br)CCC(C)CC1. The maximum absolute atomic E-state index is 10.6. The fraction of sp³-hybridized carbons (Fsp3) is 0.625. The highest BCUT2D eigenvalue weighted by Crippen LogP contribution is 2.38. The summed E-state index contributed by atoms with van der Waals surface area (Å²) in [7, 11) is 1.74. The molecule has 1 aliphatic carbocycles. The molecule has 0 aromatic heterocycles. The third-order valence-corrected chi connectivity index (χ3v) is 5.28. The minimum absolute atomic E-state index is 0.359. The number of benzene rings is 1. The quantitative estimate of drug-likeness (QED) is 0.907. The average molecular weight is 327 g/mol. The van der Waals surface area contributed by atoms with E-state index >= 15 is 0 Å². The molecule has 106 valence electrons. The van der Waals surface area contributed by atoms with Gasteiger partial charge in [-0.15, -0.1) is 0 Å². The molecule has 1 aromatic carbocycles. The summed E-state index contributed by atoms with van der Waals surface area (Å²) in [5, 5.41) is 10.6. The van der Waals surface area contributed by atoms with Crippen molar-refractivity contribution in [2.45, 2.75) is 50.7 Å². The molecule has 0 saturated heterocycles. The number of ether oxygens (including phenoxy) is 1. The molecule has 1 aromatic rings. The van der Waals surface area contributed by atoms with Gasteiger partial charge in [-0.25, -0.2) is 0 Å². The van der Waals surface area contributed by atoms with Crippen LogP contribution in [0.15, 0.2) is 28.7 Å². The number of hydrogen-bond acceptors (Lipinski definition) is 2. The fourth-order valence-electron chi connectivity index (χ4n) is 2.98. The molecule has 1 saturated carbocycles. The summed E-state index contributed by atoms with van der Waals surface area (Å²) in [5.74, 6) is 0.749. The summed E-state index contributed by atoms with van der Waals surface area (Å²) in [6, 6.07) is 8.08. The first-order chi connectivity index (χ1) is 9.07. The lowest BCUT2D eigenvalue weighted by atomic mass is 9.75. The summed E-state index contributed by atoms with van der Waals surface area (Å²) >= 11 is 3.55. The Morgan fingerprint density at radius 1 is 1.37 bits per heavy atom. The van der Waals surface area contributed by atoms with Gasteiger partial charge in [0.15, 0.2) is 0 Å². The molecule has 0 bridgehead atoms. The monoisotopic (exact) mass is 326 g/mol. The Balaban J connectivity index is 2.09. The van der Waals surface area contributed by atoms with Crippen LogP contribution in [0.5, 0.6) is 0 Å². The van der Waals surface area contributed by atoms with E-state index in [0.29, 0.717) is 6.42 Å². The summed E-state index contributed by atoms with van der Waals surface area (Å²) < 4.78 is 6.80. The molecule has 1 unspecified atom stereocenters. The van der Waals surface area contributed by atoms with E-state index in [2.05, 4.69) is 28.9 Å². The highest BCUT2D eigenvalue weighted by Gasteiger charge is 2.40. The molecule has 0 radical (unpaired) electrons. The lowest BCUT2D eigenvalue weighted by Gasteiger charge is -2.42. The lowest BCUT2D eigenvalue weighted by molar-refractivity contribution is -0.127. The zero-order chi connectivity index (χ0) is 13.9. The first kappa shape index (κ1) is 15.0. The summed E-state index contributed by atoms with van der Waals surface area (Å²) in [6.45, 7) is 2.28. The van der Waals surface area contributed by atoms with Crippen molar-refractivity contribution in [3.63, 3.8) is 0 Å². The molecule has 3 heteroatoms. The fourth-order valence-corrected chi connectivity index (χ4v) is 3.43. The van der Waals surface area contributed by atoms with E-state index in [1.165, 1.54) is 0 Å². The number of aliphatic hydroxyl groups excluding tert-OH is 1. The first-order valence-corrected chi connectivity index (χ1v) is 7.83. The first-order valence-electron chi connectivity index (χ1n) is 7.04. The van der Waals surface area contributed by atoms with Crippen molar-refractivity contribution in [2.75, 3.05) is 7.11 Å². The van der Waals surface area contributed by atoms with E-state index < -0.39 is 6.10 Å². The zero-order valence-electron chi connectivity index (χ0n) is 11.7. The van der Waals surface area contributed by atoms with Crippen molar-refractivity contribution >= 4 is 15.9 Å². The number of rotatable bonds is 4. The van der Waals surface area contributed by atoms with Gasteiger partial charge in [-0.2, -0.15) is 0 Å². The third kappa shape index (κ3) is 3.39. The molecule has 1 atom stereocenters. The van der Waals surface area contributed by atoms with E-state index in [0.717, 1.165) is 41.6 Å². The number of aliphatic hydroxyl groups is 1. The standard InChI is InChI=1S/C16H23BrO2/c1-12-7-9-16(19-2,10-8-12)15(18)11-13-5-3-4-6-14(13)17/h3-6,12,15,18H,7-11H2,1-2H3. The second kappa shape index (κ2) is 6.38. The van der Waals surface area contributed by atoms with Crippen LogP contribution in [0.3, 0.4) is 0 Å². The lowest BCUT2D eigenvalue weighted by Crippen LogP contribution is -2.47. The van der Waals surface area contributed by atoms with Gasteiger partial charge >= 0.3 is 0 Å². The van der Waals surface area contributed by atoms with Crippen molar-refractivity contribution in [1.29, 1.82) is 0 Å². The molecule has 0 amide bonds. The van der Waals surface area contributed by atoms with Gasteiger partial charge < -0.3 is 9.84 Å². The summed E-state index contributed by atoms with van der Waals surface area (Å²) in [4.78, 5) is 0. The van der Waals surface area contributed by atoms with Crippen LogP contribution in [0, 0.1) is 5.92 Å². The molecule has 2 nitrogen and oxygen atoms in total. The Bertz CT molecular complexity index is 411. The van der Waals surface area contributed by atoms with Gasteiger partial charge in [-0.05, 0) is 43.2 Å². The van der Waals surface area contributed by atoms with Crippen LogP contribution >= 0.6 is 15.9 Å². The summed E-state index contributed by atoms with van der Waals surface area (Å²) in [5.41, 5.74) is 0.784. The van der Waals surface area contributed by atoms with Crippen LogP contribution in [-0.4, -0.2) is 23.9 Å². The second-order valence-electron chi connectivity index (χ2n) is 5.76. The molecule has 1 fully saturated rings. The molecule has 0 aliphatic heterocycles. The maximum Gasteiger partial charge on any atom is 0.0939 e. The molecule has 0 spiro atoms. The zero-order valence-corrected chi connectivity index (χ0v) is 13.3. The predicted octanol–water partition coefficient (Wildman–Crippen LogP) is 3.95. The van der Waals surface area contributed by atoms with Gasteiger partial charge in [0.25, 0.3) is 0 Å². The topological polar surface area (TPSA) is 29.5 Å². The van der Waals surface area contributed by atoms with E-state index in [-0.39, 0.29) is 5.60 Å². The van der Waals surface area contributed by atoms with Gasteiger partial charge in [0.1, 0.15) is 0 Å². The van der Waals surface area contributed by atoms with Crippen LogP contribution in [0.2, 0.25) is 0 Å². The van der Waals surface area contributed by atoms with Crippen molar-refractivity contribution < 1.29 is 9.84 Å². The highest BCUT2D eigenvalue weighted by atomic mass is 79.9. The molecule has 1 aliphatic rings. The number of halogens is 1. The largest absolute Gasteiger partial charge is 0.390 e. The predicted molar refractivity (Wildman–Crippen MR) is 81.2 cm³/mol. The maximum atomic E-state index is 10.6. The minimum Gasteiger partial charge on any atom is -0.390 e. The van der Waals surface area contributed by atoms with Gasteiger partial charge in [-0.1, -0.05) is 41.1 Å². The molecule has 2 rings (SSSR count). The van der Waals surface area contributed by atoms with Gasteiger partial charge in [0.05, 0.1) is 11.7 Å². The van der Waals surface area contributed by atoms with Crippen LogP contribution in [-0.2, 0) is 11.2 Å². The normalized spacial score (nSPS) is 29.2. The van der Waals surface area contributed by atoms with Crippen molar-refractivity contribution in [1.82, 2.24) is 0 Å². The Hall–Kier alpha value is -0.380. The van der Waals surface area contributed by atoms with Gasteiger partial charge in [0.2, 0.25) is 0 Å². The van der Waals surface area contributed by atoms with E-state index in [1.807, 2.05) is 18.2 Å². The average Bonchev–Trinajstić information content (AvgIpc) is 2.42. The summed E-state index contributed by atoms with van der Waals surface area (Å²) in [6.07, 6.45) is 4.39. The molecule has 19 heavy (non-hydrogen) atoms. The smallest absolute Gasteiger partial charge is 0.0939 e. The third-order valence-electron chi connectivity index (χ3n) is 4.51. The van der Waals surface area contributed by atoms with Crippen molar-refractivity contribution in [3.8, 4) is 0 Å². The van der Waals surface area contributed by atoms with Crippen LogP contribution in [0.1, 0.15) is 38.2 Å². The Morgan fingerprint density at radius 3 is 2.58 bits per heavy atom. The van der Waals surface area contributed by atoms with E-state index in [9.17, 15) is 5.11 Å². The Labute approximate surface area is 124 Å². The number of methoxy groups -OCH3 is 1. The molecular weight excluding hydrogens is 304 g/mol. The van der Waals surface area contributed by atoms with Crippen LogP contribution < -0.4 is 0 Å². The number of hydrogen-bond donors (Lipinski definition) is 1. The van der Waals surface area contributed by atoms with Gasteiger partial charge in [0, 0.05) is 18.0 Å². The molecular formula is C16H23BrO2. The highest BCUT2D eigenvalue weighted by molar-refractivity contribution is 9.10. The van der Waals surface area contributed by atoms with Crippen LogP contribution in [0.4, 0.5) is 0 Å². The van der Waals surface area contributed by atoms with Crippen LogP contribution in [0.25, 0.3) is 0 Å². The van der Waals surface area contributed by atoms with Gasteiger partial charge in [-0.3, -0.25) is 0 Å². The van der Waals surface area contributed by atoms with Crippen molar-refractivity contribution in [2.24, 2.45) is 5.92 Å². The molecule has 0 heterocycles.